The molecule has 0 atom stereocenters. The van der Waals surface area contributed by atoms with Gasteiger partial charge in [-0.05, 0) is 13.8 Å². The Morgan fingerprint density at radius 3 is 2.04 bits per heavy atom. The number of benzene rings is 2. The van der Waals surface area contributed by atoms with E-state index in [-0.39, 0.29) is 17.0 Å². The van der Waals surface area contributed by atoms with Gasteiger partial charge < -0.3 is 0 Å². The van der Waals surface area contributed by atoms with Crippen molar-refractivity contribution in [1.82, 2.24) is 9.55 Å². The van der Waals surface area contributed by atoms with Crippen molar-refractivity contribution in [1.29, 1.82) is 5.26 Å². The summed E-state index contributed by atoms with van der Waals surface area (Å²) in [7, 11) is 0. The van der Waals surface area contributed by atoms with E-state index < -0.39 is 0 Å². The first-order valence-corrected chi connectivity index (χ1v) is 8.83. The van der Waals surface area contributed by atoms with Crippen LogP contribution in [0.5, 0.6) is 0 Å². The predicted octanol–water partition coefficient (Wildman–Crippen LogP) is 4.30. The third-order valence-electron chi connectivity index (χ3n) is 4.22. The van der Waals surface area contributed by atoms with Crippen molar-refractivity contribution >= 4 is 11.6 Å². The van der Waals surface area contributed by atoms with Gasteiger partial charge in [0.2, 0.25) is 0 Å². The number of nitriles is 1. The zero-order valence-electron chi connectivity index (χ0n) is 14.7. The minimum Gasteiger partial charge on any atom is -0.290 e. The summed E-state index contributed by atoms with van der Waals surface area (Å²) < 4.78 is 1.48. The Morgan fingerprint density at radius 2 is 1.54 bits per heavy atom. The molecule has 0 aliphatic heterocycles. The van der Waals surface area contributed by atoms with E-state index in [0.717, 1.165) is 22.3 Å². The molecule has 0 saturated heterocycles. The SMILES string of the molecule is Cc1ccc(-c2nc(-c3ccc(C)cc3)n(CCCl)c(=O)c2C#N)cc1. The molecule has 0 N–H and O–H groups in total. The average Bonchev–Trinajstić information content (AvgIpc) is 2.65. The molecule has 0 aliphatic rings. The molecule has 0 fully saturated rings. The normalized spacial score (nSPS) is 10.5. The molecule has 4 nitrogen and oxygen atoms in total. The Hall–Kier alpha value is -2.90. The van der Waals surface area contributed by atoms with Crippen molar-refractivity contribution in [3.63, 3.8) is 0 Å². The summed E-state index contributed by atoms with van der Waals surface area (Å²) >= 11 is 5.89. The zero-order chi connectivity index (χ0) is 18.7. The number of hydrogen-bond acceptors (Lipinski definition) is 3. The average molecular weight is 364 g/mol. The molecule has 0 radical (unpaired) electrons. The molecular weight excluding hydrogens is 346 g/mol. The lowest BCUT2D eigenvalue weighted by molar-refractivity contribution is 0.721. The van der Waals surface area contributed by atoms with Gasteiger partial charge in [0.05, 0.1) is 5.69 Å². The van der Waals surface area contributed by atoms with Crippen LogP contribution in [0.25, 0.3) is 22.6 Å². The summed E-state index contributed by atoms with van der Waals surface area (Å²) in [5.41, 5.74) is 3.85. The molecule has 5 heteroatoms. The second-order valence-electron chi connectivity index (χ2n) is 6.15. The van der Waals surface area contributed by atoms with E-state index >= 15 is 0 Å². The lowest BCUT2D eigenvalue weighted by atomic mass is 10.0. The molecule has 1 aromatic heterocycles. The smallest absolute Gasteiger partial charge is 0.272 e. The van der Waals surface area contributed by atoms with Gasteiger partial charge in [0.1, 0.15) is 17.5 Å². The van der Waals surface area contributed by atoms with Gasteiger partial charge in [-0.1, -0.05) is 59.7 Å². The molecule has 130 valence electrons. The van der Waals surface area contributed by atoms with E-state index in [4.69, 9.17) is 16.6 Å². The fourth-order valence-corrected chi connectivity index (χ4v) is 2.96. The quantitative estimate of drug-likeness (QED) is 0.649. The van der Waals surface area contributed by atoms with Crippen LogP contribution in [0.3, 0.4) is 0 Å². The van der Waals surface area contributed by atoms with Crippen molar-refractivity contribution in [3.8, 4) is 28.7 Å². The third kappa shape index (κ3) is 3.40. The number of hydrogen-bond donors (Lipinski definition) is 0. The highest BCUT2D eigenvalue weighted by Gasteiger charge is 2.18. The molecule has 0 amide bonds. The Kier molecular flexibility index (Phi) is 5.20. The van der Waals surface area contributed by atoms with Crippen LogP contribution in [0.1, 0.15) is 16.7 Å². The van der Waals surface area contributed by atoms with Gasteiger partial charge in [-0.15, -0.1) is 11.6 Å². The first-order valence-electron chi connectivity index (χ1n) is 8.30. The second-order valence-corrected chi connectivity index (χ2v) is 6.53. The topological polar surface area (TPSA) is 58.7 Å². The van der Waals surface area contributed by atoms with Gasteiger partial charge in [0, 0.05) is 23.6 Å². The van der Waals surface area contributed by atoms with Crippen LogP contribution in [-0.4, -0.2) is 15.4 Å². The highest BCUT2D eigenvalue weighted by molar-refractivity contribution is 6.17. The van der Waals surface area contributed by atoms with E-state index in [1.54, 1.807) is 0 Å². The Balaban J connectivity index is 2.32. The van der Waals surface area contributed by atoms with E-state index in [1.807, 2.05) is 68.4 Å². The van der Waals surface area contributed by atoms with E-state index in [9.17, 15) is 10.1 Å². The maximum atomic E-state index is 13.0. The number of nitrogens with zero attached hydrogens (tertiary/aromatic N) is 3. The summed E-state index contributed by atoms with van der Waals surface area (Å²) in [6.07, 6.45) is 0. The number of halogens is 1. The van der Waals surface area contributed by atoms with Crippen LogP contribution in [0.4, 0.5) is 0 Å². The molecule has 0 saturated carbocycles. The third-order valence-corrected chi connectivity index (χ3v) is 4.39. The van der Waals surface area contributed by atoms with E-state index in [2.05, 4.69) is 0 Å². The largest absolute Gasteiger partial charge is 0.290 e. The van der Waals surface area contributed by atoms with Gasteiger partial charge in [0.15, 0.2) is 0 Å². The maximum absolute atomic E-state index is 13.0. The first kappa shape index (κ1) is 17.9. The van der Waals surface area contributed by atoms with Crippen LogP contribution in [-0.2, 0) is 6.54 Å². The minimum atomic E-state index is -0.366. The highest BCUT2D eigenvalue weighted by Crippen LogP contribution is 2.24. The number of aromatic nitrogens is 2. The summed E-state index contributed by atoms with van der Waals surface area (Å²) in [5.74, 6) is 0.778. The molecule has 0 bridgehead atoms. The minimum absolute atomic E-state index is 0.0369. The van der Waals surface area contributed by atoms with Gasteiger partial charge >= 0.3 is 0 Å². The van der Waals surface area contributed by atoms with Gasteiger partial charge in [-0.25, -0.2) is 4.98 Å². The Bertz CT molecular complexity index is 1030. The van der Waals surface area contributed by atoms with Crippen molar-refractivity contribution in [2.75, 3.05) is 5.88 Å². The van der Waals surface area contributed by atoms with Gasteiger partial charge in [-0.2, -0.15) is 5.26 Å². The molecule has 0 spiro atoms. The maximum Gasteiger partial charge on any atom is 0.272 e. The molecular formula is C21H18ClN3O. The summed E-state index contributed by atoms with van der Waals surface area (Å²) in [5, 5.41) is 9.57. The summed E-state index contributed by atoms with van der Waals surface area (Å²) in [6.45, 7) is 4.28. The first-order chi connectivity index (χ1) is 12.5. The van der Waals surface area contributed by atoms with Crippen LogP contribution in [0, 0.1) is 25.2 Å². The monoisotopic (exact) mass is 363 g/mol. The summed E-state index contributed by atoms with van der Waals surface area (Å²) in [6, 6.07) is 17.4. The van der Waals surface area contributed by atoms with Crippen LogP contribution < -0.4 is 5.56 Å². The Morgan fingerprint density at radius 1 is 1.00 bits per heavy atom. The standard InChI is InChI=1S/C21H18ClN3O/c1-14-3-7-16(8-4-14)19-18(13-23)21(26)25(12-11-22)20(24-19)17-9-5-15(2)6-10-17/h3-10H,11-12H2,1-2H3. The molecule has 0 aliphatic carbocycles. The molecule has 3 aromatic rings. The molecule has 1 heterocycles. The molecule has 3 rings (SSSR count). The fourth-order valence-electron chi connectivity index (χ4n) is 2.79. The lowest BCUT2D eigenvalue weighted by Crippen LogP contribution is -2.27. The second kappa shape index (κ2) is 7.55. The fraction of sp³-hybridized carbons (Fsp3) is 0.190. The van der Waals surface area contributed by atoms with Crippen LogP contribution >= 0.6 is 11.6 Å². The number of rotatable bonds is 4. The van der Waals surface area contributed by atoms with Crippen molar-refractivity contribution in [2.45, 2.75) is 20.4 Å². The predicted molar refractivity (Wildman–Crippen MR) is 104 cm³/mol. The number of alkyl halides is 1. The number of aryl methyl sites for hydroxylation is 2. The highest BCUT2D eigenvalue weighted by atomic mass is 35.5. The summed E-state index contributed by atoms with van der Waals surface area (Å²) in [4.78, 5) is 17.7. The zero-order valence-corrected chi connectivity index (χ0v) is 15.4. The van der Waals surface area contributed by atoms with E-state index in [0.29, 0.717) is 18.1 Å². The Labute approximate surface area is 157 Å². The molecule has 0 unspecified atom stereocenters. The van der Waals surface area contributed by atoms with Crippen LogP contribution in [0.15, 0.2) is 53.3 Å². The van der Waals surface area contributed by atoms with Crippen molar-refractivity contribution in [2.24, 2.45) is 0 Å². The molecule has 2 aromatic carbocycles. The van der Waals surface area contributed by atoms with Crippen molar-refractivity contribution in [3.05, 3.63) is 75.6 Å². The van der Waals surface area contributed by atoms with Crippen molar-refractivity contribution < 1.29 is 0 Å². The van der Waals surface area contributed by atoms with Gasteiger partial charge in [-0.3, -0.25) is 9.36 Å². The van der Waals surface area contributed by atoms with Crippen LogP contribution in [0.2, 0.25) is 0 Å². The lowest BCUT2D eigenvalue weighted by Gasteiger charge is -2.14. The van der Waals surface area contributed by atoms with E-state index in [1.165, 1.54) is 4.57 Å². The molecule has 26 heavy (non-hydrogen) atoms. The van der Waals surface area contributed by atoms with Gasteiger partial charge in [0.25, 0.3) is 5.56 Å².